The maximum absolute atomic E-state index is 11.9. The predicted molar refractivity (Wildman–Crippen MR) is 106 cm³/mol. The average Bonchev–Trinajstić information content (AvgIpc) is 3.03. The molecular formula is C16H24ClIN4O. The molecule has 1 saturated carbocycles. The number of hydrogen-bond acceptors (Lipinski definition) is 2. The van der Waals surface area contributed by atoms with E-state index in [1.54, 1.807) is 31.3 Å². The van der Waals surface area contributed by atoms with Gasteiger partial charge in [0, 0.05) is 36.8 Å². The van der Waals surface area contributed by atoms with Crippen LogP contribution >= 0.6 is 35.6 Å². The van der Waals surface area contributed by atoms with Crippen molar-refractivity contribution < 1.29 is 4.79 Å². The lowest BCUT2D eigenvalue weighted by Crippen LogP contribution is -2.44. The molecule has 0 spiro atoms. The Kier molecular flexibility index (Phi) is 9.31. The third kappa shape index (κ3) is 6.95. The zero-order chi connectivity index (χ0) is 15.8. The fourth-order valence-electron chi connectivity index (χ4n) is 2.52. The monoisotopic (exact) mass is 450 g/mol. The van der Waals surface area contributed by atoms with Crippen molar-refractivity contribution in [3.05, 3.63) is 34.9 Å². The Morgan fingerprint density at radius 2 is 1.78 bits per heavy atom. The molecule has 1 aliphatic rings. The molecule has 7 heteroatoms. The highest BCUT2D eigenvalue weighted by Crippen LogP contribution is 2.17. The first-order chi connectivity index (χ1) is 10.7. The summed E-state index contributed by atoms with van der Waals surface area (Å²) in [5, 5.41) is 10.1. The lowest BCUT2D eigenvalue weighted by atomic mass is 10.2. The largest absolute Gasteiger partial charge is 0.355 e. The molecule has 0 heterocycles. The van der Waals surface area contributed by atoms with E-state index in [1.165, 1.54) is 25.7 Å². The number of nitrogens with zero attached hydrogens (tertiary/aromatic N) is 1. The Hall–Kier alpha value is -1.02. The highest BCUT2D eigenvalue weighted by molar-refractivity contribution is 14.0. The van der Waals surface area contributed by atoms with Gasteiger partial charge in [0.1, 0.15) is 0 Å². The van der Waals surface area contributed by atoms with Crippen LogP contribution in [0.2, 0.25) is 5.02 Å². The number of benzene rings is 1. The highest BCUT2D eigenvalue weighted by Gasteiger charge is 2.15. The maximum atomic E-state index is 11.9. The third-order valence-electron chi connectivity index (χ3n) is 3.73. The molecule has 5 nitrogen and oxygen atoms in total. The summed E-state index contributed by atoms with van der Waals surface area (Å²) in [5.74, 6) is 0.699. The molecule has 1 aromatic carbocycles. The molecule has 3 N–H and O–H groups in total. The number of halogens is 2. The predicted octanol–water partition coefficient (Wildman–Crippen LogP) is 2.80. The van der Waals surface area contributed by atoms with Gasteiger partial charge < -0.3 is 16.0 Å². The molecule has 1 amide bonds. The number of amides is 1. The van der Waals surface area contributed by atoms with Crippen LogP contribution in [0, 0.1) is 0 Å². The van der Waals surface area contributed by atoms with E-state index in [0.29, 0.717) is 29.7 Å². The summed E-state index contributed by atoms with van der Waals surface area (Å²) in [6.07, 6.45) is 4.97. The Labute approximate surface area is 159 Å². The molecule has 1 aromatic rings. The van der Waals surface area contributed by atoms with Crippen molar-refractivity contribution in [1.82, 2.24) is 16.0 Å². The van der Waals surface area contributed by atoms with Crippen molar-refractivity contribution in [2.24, 2.45) is 4.99 Å². The van der Waals surface area contributed by atoms with E-state index in [1.807, 2.05) is 0 Å². The van der Waals surface area contributed by atoms with Crippen LogP contribution in [0.3, 0.4) is 0 Å². The summed E-state index contributed by atoms with van der Waals surface area (Å²) in [6.45, 7) is 1.17. The topological polar surface area (TPSA) is 65.5 Å². The van der Waals surface area contributed by atoms with E-state index in [2.05, 4.69) is 20.9 Å². The lowest BCUT2D eigenvalue weighted by molar-refractivity contribution is 0.0954. The molecule has 0 unspecified atom stereocenters. The average molecular weight is 451 g/mol. The van der Waals surface area contributed by atoms with Gasteiger partial charge in [0.25, 0.3) is 5.91 Å². The van der Waals surface area contributed by atoms with Gasteiger partial charge in [-0.3, -0.25) is 9.79 Å². The summed E-state index contributed by atoms with van der Waals surface area (Å²) in [4.78, 5) is 16.1. The molecule has 23 heavy (non-hydrogen) atoms. The van der Waals surface area contributed by atoms with Gasteiger partial charge in [-0.15, -0.1) is 24.0 Å². The quantitative estimate of drug-likeness (QED) is 0.280. The van der Waals surface area contributed by atoms with E-state index >= 15 is 0 Å². The number of guanidine groups is 1. The van der Waals surface area contributed by atoms with Gasteiger partial charge in [0.15, 0.2) is 5.96 Å². The van der Waals surface area contributed by atoms with Crippen LogP contribution in [-0.2, 0) is 0 Å². The molecule has 0 atom stereocenters. The molecule has 0 bridgehead atoms. The normalized spacial score (nSPS) is 15.0. The molecular weight excluding hydrogens is 427 g/mol. The molecule has 0 saturated heterocycles. The van der Waals surface area contributed by atoms with Gasteiger partial charge in [0.05, 0.1) is 0 Å². The van der Waals surface area contributed by atoms with E-state index in [0.717, 1.165) is 5.96 Å². The first kappa shape index (κ1) is 20.0. The minimum Gasteiger partial charge on any atom is -0.355 e. The summed E-state index contributed by atoms with van der Waals surface area (Å²) < 4.78 is 0. The van der Waals surface area contributed by atoms with Crippen molar-refractivity contribution in [2.45, 2.75) is 31.7 Å². The highest BCUT2D eigenvalue weighted by atomic mass is 127. The second-order valence-corrected chi connectivity index (χ2v) is 5.82. The summed E-state index contributed by atoms with van der Waals surface area (Å²) in [5.41, 5.74) is 0.609. The molecule has 0 radical (unpaired) electrons. The van der Waals surface area contributed by atoms with Crippen LogP contribution in [0.4, 0.5) is 0 Å². The van der Waals surface area contributed by atoms with Crippen LogP contribution < -0.4 is 16.0 Å². The fraction of sp³-hybridized carbons (Fsp3) is 0.500. The molecule has 0 aliphatic heterocycles. The van der Waals surface area contributed by atoms with Crippen LogP contribution in [-0.4, -0.2) is 38.0 Å². The Morgan fingerprint density at radius 1 is 1.17 bits per heavy atom. The van der Waals surface area contributed by atoms with E-state index in [4.69, 9.17) is 11.6 Å². The van der Waals surface area contributed by atoms with E-state index in [-0.39, 0.29) is 29.9 Å². The van der Waals surface area contributed by atoms with Crippen molar-refractivity contribution in [1.29, 1.82) is 0 Å². The van der Waals surface area contributed by atoms with E-state index < -0.39 is 0 Å². The molecule has 0 aromatic heterocycles. The van der Waals surface area contributed by atoms with Crippen molar-refractivity contribution in [3.8, 4) is 0 Å². The Bertz CT molecular complexity index is 515. The number of rotatable bonds is 5. The van der Waals surface area contributed by atoms with Crippen LogP contribution in [0.25, 0.3) is 0 Å². The maximum Gasteiger partial charge on any atom is 0.251 e. The number of aliphatic imine (C=N–C) groups is 1. The van der Waals surface area contributed by atoms with Crippen LogP contribution in [0.15, 0.2) is 29.3 Å². The Morgan fingerprint density at radius 3 is 2.39 bits per heavy atom. The molecule has 2 rings (SSSR count). The van der Waals surface area contributed by atoms with Crippen molar-refractivity contribution in [3.63, 3.8) is 0 Å². The number of carbonyl (C=O) groups excluding carboxylic acids is 1. The van der Waals surface area contributed by atoms with Crippen LogP contribution in [0.5, 0.6) is 0 Å². The zero-order valence-corrected chi connectivity index (χ0v) is 16.4. The minimum atomic E-state index is -0.0998. The van der Waals surface area contributed by atoms with Gasteiger partial charge in [-0.2, -0.15) is 0 Å². The molecule has 128 valence electrons. The standard InChI is InChI=1S/C16H23ClN4O.HI/c1-18-16(21-14-4-2-3-5-14)20-11-10-19-15(22)12-6-8-13(17)9-7-12;/h6-9,14H,2-5,10-11H2,1H3,(H,19,22)(H2,18,20,21);1H. The number of carbonyl (C=O) groups is 1. The fourth-order valence-corrected chi connectivity index (χ4v) is 2.64. The second kappa shape index (κ2) is 10.7. The molecule has 1 fully saturated rings. The van der Waals surface area contributed by atoms with Gasteiger partial charge in [-0.05, 0) is 37.1 Å². The number of hydrogen-bond donors (Lipinski definition) is 3. The van der Waals surface area contributed by atoms with E-state index in [9.17, 15) is 4.79 Å². The third-order valence-corrected chi connectivity index (χ3v) is 3.98. The van der Waals surface area contributed by atoms with Crippen molar-refractivity contribution >= 4 is 47.4 Å². The minimum absolute atomic E-state index is 0. The lowest BCUT2D eigenvalue weighted by Gasteiger charge is -2.16. The first-order valence-electron chi connectivity index (χ1n) is 7.70. The van der Waals surface area contributed by atoms with Gasteiger partial charge in [-0.25, -0.2) is 0 Å². The zero-order valence-electron chi connectivity index (χ0n) is 13.3. The van der Waals surface area contributed by atoms with Gasteiger partial charge in [0.2, 0.25) is 0 Å². The smallest absolute Gasteiger partial charge is 0.251 e. The Balaban J connectivity index is 0.00000264. The summed E-state index contributed by atoms with van der Waals surface area (Å²) >= 11 is 5.80. The second-order valence-electron chi connectivity index (χ2n) is 5.39. The van der Waals surface area contributed by atoms with Gasteiger partial charge >= 0.3 is 0 Å². The summed E-state index contributed by atoms with van der Waals surface area (Å²) in [7, 11) is 1.76. The number of nitrogens with one attached hydrogen (secondary N) is 3. The van der Waals surface area contributed by atoms with Crippen molar-refractivity contribution in [2.75, 3.05) is 20.1 Å². The van der Waals surface area contributed by atoms with Crippen LogP contribution in [0.1, 0.15) is 36.0 Å². The summed E-state index contributed by atoms with van der Waals surface area (Å²) in [6, 6.07) is 7.37. The molecule has 1 aliphatic carbocycles. The van der Waals surface area contributed by atoms with Gasteiger partial charge in [-0.1, -0.05) is 24.4 Å². The SMILES string of the molecule is CN=C(NCCNC(=O)c1ccc(Cl)cc1)NC1CCCC1.I. The first-order valence-corrected chi connectivity index (χ1v) is 8.08.